The van der Waals surface area contributed by atoms with Crippen molar-refractivity contribution in [1.82, 2.24) is 9.80 Å². The molecule has 3 aliphatic heterocycles. The first-order valence-corrected chi connectivity index (χ1v) is 11.9. The molecule has 0 aromatic rings. The molecule has 1 amide bonds. The predicted octanol–water partition coefficient (Wildman–Crippen LogP) is 2.77. The molecule has 10 heteroatoms. The van der Waals surface area contributed by atoms with E-state index in [0.717, 1.165) is 25.9 Å². The van der Waals surface area contributed by atoms with E-state index in [9.17, 15) is 14.4 Å². The number of ether oxygens (including phenoxy) is 3. The van der Waals surface area contributed by atoms with Crippen LogP contribution in [-0.2, 0) is 23.8 Å². The highest BCUT2D eigenvalue weighted by Crippen LogP contribution is 2.52. The standard InChI is InChI=1S/C21H33N3O6S/c1-5-28-20(27)30-14(2)29-19(26)16-21(3,4)31-18-15(17(25)24(16)18)22-13-23-11-9-7-6-8-10-12-23/h13-16,18H,5-12H2,1-4H3/t14?,15-,16+,18-/m1/s1. The fourth-order valence-electron chi connectivity index (χ4n) is 4.20. The summed E-state index contributed by atoms with van der Waals surface area (Å²) in [6, 6.07) is -1.25. The maximum absolute atomic E-state index is 12.9. The third kappa shape index (κ3) is 5.45. The van der Waals surface area contributed by atoms with Gasteiger partial charge in [0.2, 0.25) is 6.29 Å². The Morgan fingerprint density at radius 3 is 2.48 bits per heavy atom. The molecule has 3 saturated heterocycles. The Morgan fingerprint density at radius 1 is 1.19 bits per heavy atom. The van der Waals surface area contributed by atoms with Crippen molar-refractivity contribution >= 4 is 36.1 Å². The van der Waals surface area contributed by atoms with Gasteiger partial charge in [0, 0.05) is 24.8 Å². The Bertz CT molecular complexity index is 707. The highest BCUT2D eigenvalue weighted by molar-refractivity contribution is 8.01. The maximum Gasteiger partial charge on any atom is 0.511 e. The summed E-state index contributed by atoms with van der Waals surface area (Å²) in [7, 11) is 0. The summed E-state index contributed by atoms with van der Waals surface area (Å²) >= 11 is 1.55. The molecule has 3 rings (SSSR count). The van der Waals surface area contributed by atoms with Gasteiger partial charge in [0.25, 0.3) is 5.91 Å². The zero-order valence-corrected chi connectivity index (χ0v) is 19.6. The van der Waals surface area contributed by atoms with Gasteiger partial charge in [0.05, 0.1) is 12.9 Å². The van der Waals surface area contributed by atoms with Crippen LogP contribution in [0.2, 0.25) is 0 Å². The van der Waals surface area contributed by atoms with Gasteiger partial charge in [-0.2, -0.15) is 0 Å². The Morgan fingerprint density at radius 2 is 1.84 bits per heavy atom. The Hall–Kier alpha value is -1.97. The lowest BCUT2D eigenvalue weighted by Crippen LogP contribution is -2.65. The zero-order valence-electron chi connectivity index (χ0n) is 18.7. The van der Waals surface area contributed by atoms with Crippen molar-refractivity contribution in [3.05, 3.63) is 0 Å². The second kappa shape index (κ2) is 10.1. The van der Waals surface area contributed by atoms with Crippen molar-refractivity contribution in [2.45, 2.75) is 88.3 Å². The number of fused-ring (bicyclic) bond motifs is 1. The molecule has 0 aliphatic carbocycles. The smallest absolute Gasteiger partial charge is 0.435 e. The number of hydrogen-bond acceptors (Lipinski definition) is 8. The molecule has 0 saturated carbocycles. The fourth-order valence-corrected chi connectivity index (χ4v) is 5.82. The van der Waals surface area contributed by atoms with Crippen LogP contribution in [0, 0.1) is 0 Å². The van der Waals surface area contributed by atoms with Gasteiger partial charge >= 0.3 is 12.1 Å². The lowest BCUT2D eigenvalue weighted by molar-refractivity contribution is -0.180. The molecule has 0 N–H and O–H groups in total. The van der Waals surface area contributed by atoms with Gasteiger partial charge in [-0.1, -0.05) is 19.3 Å². The van der Waals surface area contributed by atoms with Crippen LogP contribution in [0.15, 0.2) is 4.99 Å². The predicted molar refractivity (Wildman–Crippen MR) is 117 cm³/mol. The van der Waals surface area contributed by atoms with E-state index in [1.165, 1.54) is 26.2 Å². The van der Waals surface area contributed by atoms with Gasteiger partial charge in [-0.3, -0.25) is 9.79 Å². The first-order chi connectivity index (χ1) is 14.7. The topological polar surface area (TPSA) is 97.7 Å². The van der Waals surface area contributed by atoms with Crippen molar-refractivity contribution in [1.29, 1.82) is 0 Å². The molecule has 174 valence electrons. The van der Waals surface area contributed by atoms with E-state index in [4.69, 9.17) is 14.2 Å². The monoisotopic (exact) mass is 455 g/mol. The molecule has 3 heterocycles. The summed E-state index contributed by atoms with van der Waals surface area (Å²) in [6.07, 6.45) is 5.84. The van der Waals surface area contributed by atoms with E-state index < -0.39 is 35.2 Å². The molecular weight excluding hydrogens is 422 g/mol. The summed E-state index contributed by atoms with van der Waals surface area (Å²) < 4.78 is 14.3. The first-order valence-electron chi connectivity index (χ1n) is 11.1. The average molecular weight is 456 g/mol. The van der Waals surface area contributed by atoms with E-state index in [2.05, 4.69) is 9.89 Å². The number of carbonyl (C=O) groups is 3. The van der Waals surface area contributed by atoms with Crippen LogP contribution in [-0.4, -0.2) is 82.4 Å². The van der Waals surface area contributed by atoms with E-state index in [1.54, 1.807) is 23.6 Å². The third-order valence-corrected chi connectivity index (χ3v) is 7.28. The largest absolute Gasteiger partial charge is 0.511 e. The zero-order chi connectivity index (χ0) is 22.6. The molecule has 1 unspecified atom stereocenters. The van der Waals surface area contributed by atoms with Crippen LogP contribution in [0.3, 0.4) is 0 Å². The molecule has 9 nitrogen and oxygen atoms in total. The number of aliphatic imine (C=N–C) groups is 1. The maximum atomic E-state index is 12.9. The number of carbonyl (C=O) groups excluding carboxylic acids is 3. The fraction of sp³-hybridized carbons (Fsp3) is 0.810. The van der Waals surface area contributed by atoms with E-state index >= 15 is 0 Å². The molecule has 0 bridgehead atoms. The van der Waals surface area contributed by atoms with Crippen LogP contribution in [0.4, 0.5) is 4.79 Å². The molecule has 0 spiro atoms. The summed E-state index contributed by atoms with van der Waals surface area (Å²) in [5.74, 6) is -0.774. The third-order valence-electron chi connectivity index (χ3n) is 5.72. The van der Waals surface area contributed by atoms with Crippen molar-refractivity contribution in [3.8, 4) is 0 Å². The van der Waals surface area contributed by atoms with Crippen molar-refractivity contribution in [2.75, 3.05) is 19.7 Å². The summed E-state index contributed by atoms with van der Waals surface area (Å²) in [5, 5.41) is -0.202. The van der Waals surface area contributed by atoms with Crippen molar-refractivity contribution < 1.29 is 28.6 Å². The number of nitrogens with zero attached hydrogens (tertiary/aromatic N) is 3. The number of β-lactam (4-membered cyclic amide) rings is 1. The number of amides is 1. The Labute approximate surface area is 187 Å². The molecule has 0 radical (unpaired) electrons. The first kappa shape index (κ1) is 23.7. The lowest BCUT2D eigenvalue weighted by Gasteiger charge is -2.42. The van der Waals surface area contributed by atoms with E-state index in [1.807, 2.05) is 20.2 Å². The van der Waals surface area contributed by atoms with Gasteiger partial charge in [-0.05, 0) is 33.6 Å². The van der Waals surface area contributed by atoms with Crippen LogP contribution in [0.5, 0.6) is 0 Å². The normalized spacial score (nSPS) is 28.9. The molecule has 3 fully saturated rings. The second-order valence-corrected chi connectivity index (χ2v) is 10.3. The number of hydrogen-bond donors (Lipinski definition) is 0. The quantitative estimate of drug-likeness (QED) is 0.198. The summed E-state index contributed by atoms with van der Waals surface area (Å²) in [5.41, 5.74) is 0. The highest BCUT2D eigenvalue weighted by Gasteiger charge is 2.64. The molecule has 0 aromatic heterocycles. The molecule has 3 aliphatic rings. The van der Waals surface area contributed by atoms with Crippen LogP contribution in [0.1, 0.15) is 59.8 Å². The van der Waals surface area contributed by atoms with Crippen LogP contribution < -0.4 is 0 Å². The molecule has 31 heavy (non-hydrogen) atoms. The summed E-state index contributed by atoms with van der Waals surface area (Å²) in [6.45, 7) is 9.00. The van der Waals surface area contributed by atoms with Gasteiger partial charge in [0.15, 0.2) is 6.04 Å². The van der Waals surface area contributed by atoms with Gasteiger partial charge < -0.3 is 24.0 Å². The van der Waals surface area contributed by atoms with Crippen molar-refractivity contribution in [3.63, 3.8) is 0 Å². The number of thioether (sulfide) groups is 1. The van der Waals surface area contributed by atoms with Crippen LogP contribution >= 0.6 is 11.8 Å². The lowest BCUT2D eigenvalue weighted by atomic mass is 9.96. The minimum Gasteiger partial charge on any atom is -0.435 e. The second-order valence-electron chi connectivity index (χ2n) is 8.58. The highest BCUT2D eigenvalue weighted by atomic mass is 32.2. The van der Waals surface area contributed by atoms with Crippen molar-refractivity contribution in [2.24, 2.45) is 4.99 Å². The number of esters is 1. The van der Waals surface area contributed by atoms with E-state index in [-0.39, 0.29) is 17.9 Å². The summed E-state index contributed by atoms with van der Waals surface area (Å²) in [4.78, 5) is 45.4. The van der Waals surface area contributed by atoms with E-state index in [0.29, 0.717) is 0 Å². The van der Waals surface area contributed by atoms with Crippen LogP contribution in [0.25, 0.3) is 0 Å². The Kier molecular flexibility index (Phi) is 7.72. The molecule has 0 aromatic carbocycles. The molecular formula is C21H33N3O6S. The number of rotatable bonds is 6. The Balaban J connectivity index is 1.60. The average Bonchev–Trinajstić information content (AvgIpc) is 2.91. The molecule has 4 atom stereocenters. The minimum absolute atomic E-state index is 0.162. The van der Waals surface area contributed by atoms with Gasteiger partial charge in [-0.15, -0.1) is 11.8 Å². The van der Waals surface area contributed by atoms with Gasteiger partial charge in [-0.25, -0.2) is 9.59 Å². The minimum atomic E-state index is -1.11. The number of likely N-dealkylation sites (tertiary alicyclic amines) is 1. The SMILES string of the molecule is CCOC(=O)OC(C)OC(=O)[C@@H]1N2C(=O)[C@@H](N=CN3CCCCCCC3)[C@H]2SC1(C)C. The van der Waals surface area contributed by atoms with Gasteiger partial charge in [0.1, 0.15) is 11.4 Å².